The molecule has 18 heavy (non-hydrogen) atoms. The van der Waals surface area contributed by atoms with Crippen LogP contribution in [0.15, 0.2) is 0 Å². The Morgan fingerprint density at radius 2 is 1.89 bits per heavy atom. The lowest BCUT2D eigenvalue weighted by Crippen LogP contribution is -2.59. The molecule has 1 unspecified atom stereocenters. The molecule has 1 aliphatic rings. The summed E-state index contributed by atoms with van der Waals surface area (Å²) in [6, 6.07) is 0. The minimum atomic E-state index is -0.411. The zero-order valence-electron chi connectivity index (χ0n) is 12.6. The van der Waals surface area contributed by atoms with Gasteiger partial charge in [-0.3, -0.25) is 4.79 Å². The molecular formula is C14H29N3O. The lowest BCUT2D eigenvalue weighted by Gasteiger charge is -2.50. The van der Waals surface area contributed by atoms with Crippen LogP contribution in [0.4, 0.5) is 0 Å². The molecule has 4 nitrogen and oxygen atoms in total. The van der Waals surface area contributed by atoms with E-state index in [0.717, 1.165) is 13.0 Å². The molecule has 0 spiro atoms. The number of amides is 1. The third-order valence-corrected chi connectivity index (χ3v) is 4.86. The fourth-order valence-corrected chi connectivity index (χ4v) is 2.69. The average molecular weight is 255 g/mol. The highest BCUT2D eigenvalue weighted by Crippen LogP contribution is 2.37. The Morgan fingerprint density at radius 1 is 1.33 bits per heavy atom. The van der Waals surface area contributed by atoms with Crippen molar-refractivity contribution in [1.82, 2.24) is 9.80 Å². The van der Waals surface area contributed by atoms with Gasteiger partial charge in [-0.1, -0.05) is 6.92 Å². The molecule has 0 aromatic rings. The highest BCUT2D eigenvalue weighted by molar-refractivity contribution is 5.82. The van der Waals surface area contributed by atoms with Crippen molar-refractivity contribution in [3.05, 3.63) is 0 Å². The van der Waals surface area contributed by atoms with Gasteiger partial charge in [-0.2, -0.15) is 0 Å². The predicted molar refractivity (Wildman–Crippen MR) is 75.4 cm³/mol. The molecule has 0 radical (unpaired) electrons. The molecule has 0 heterocycles. The predicted octanol–water partition coefficient (Wildman–Crippen LogP) is 1.30. The minimum Gasteiger partial charge on any atom is -0.343 e. The number of hydrogen-bond acceptors (Lipinski definition) is 3. The average Bonchev–Trinajstić information content (AvgIpc) is 2.30. The van der Waals surface area contributed by atoms with Gasteiger partial charge < -0.3 is 15.5 Å². The quantitative estimate of drug-likeness (QED) is 0.778. The molecule has 2 N–H and O–H groups in total. The third kappa shape index (κ3) is 2.69. The molecule has 0 aromatic carbocycles. The third-order valence-electron chi connectivity index (χ3n) is 4.86. The molecule has 4 heteroatoms. The normalized spacial score (nSPS) is 21.3. The van der Waals surface area contributed by atoms with Crippen molar-refractivity contribution in [3.8, 4) is 0 Å². The second-order valence-electron chi connectivity index (χ2n) is 6.25. The van der Waals surface area contributed by atoms with Crippen LogP contribution in [0, 0.1) is 5.41 Å². The van der Waals surface area contributed by atoms with Crippen LogP contribution in [0.5, 0.6) is 0 Å². The zero-order valence-corrected chi connectivity index (χ0v) is 12.6. The highest BCUT2D eigenvalue weighted by Gasteiger charge is 2.42. The monoisotopic (exact) mass is 255 g/mol. The van der Waals surface area contributed by atoms with Crippen molar-refractivity contribution >= 4 is 5.91 Å². The Hall–Kier alpha value is -0.610. The number of hydrogen-bond donors (Lipinski definition) is 1. The molecule has 1 rings (SSSR count). The van der Waals surface area contributed by atoms with Gasteiger partial charge in [0.05, 0.1) is 5.41 Å². The summed E-state index contributed by atoms with van der Waals surface area (Å²) in [6.45, 7) is 5.23. The van der Waals surface area contributed by atoms with Gasteiger partial charge in [0.15, 0.2) is 0 Å². The van der Waals surface area contributed by atoms with Gasteiger partial charge in [0.2, 0.25) is 5.91 Å². The van der Waals surface area contributed by atoms with Gasteiger partial charge in [0.25, 0.3) is 0 Å². The van der Waals surface area contributed by atoms with Crippen LogP contribution in [0.25, 0.3) is 0 Å². The van der Waals surface area contributed by atoms with Gasteiger partial charge >= 0.3 is 0 Å². The lowest BCUT2D eigenvalue weighted by molar-refractivity contribution is -0.142. The van der Waals surface area contributed by atoms with Crippen molar-refractivity contribution in [2.24, 2.45) is 11.1 Å². The number of carbonyl (C=O) groups excluding carboxylic acids is 1. The SMILES string of the molecule is CCC(C)(CN)C(=O)N(C)CC1(N(C)C)CCC1. The molecule has 1 aliphatic carbocycles. The number of carbonyl (C=O) groups is 1. The molecular weight excluding hydrogens is 226 g/mol. The van der Waals surface area contributed by atoms with Crippen LogP contribution in [0.1, 0.15) is 39.5 Å². The van der Waals surface area contributed by atoms with Crippen LogP contribution in [0.2, 0.25) is 0 Å². The van der Waals surface area contributed by atoms with E-state index in [2.05, 4.69) is 19.0 Å². The molecule has 1 fully saturated rings. The van der Waals surface area contributed by atoms with Crippen LogP contribution in [-0.4, -0.2) is 55.5 Å². The number of rotatable bonds is 6. The van der Waals surface area contributed by atoms with Crippen molar-refractivity contribution in [1.29, 1.82) is 0 Å². The summed E-state index contributed by atoms with van der Waals surface area (Å²) < 4.78 is 0. The maximum absolute atomic E-state index is 12.5. The van der Waals surface area contributed by atoms with E-state index in [-0.39, 0.29) is 11.4 Å². The summed E-state index contributed by atoms with van der Waals surface area (Å²) in [5.41, 5.74) is 5.55. The number of nitrogens with zero attached hydrogens (tertiary/aromatic N) is 2. The molecule has 1 atom stereocenters. The van der Waals surface area contributed by atoms with Crippen LogP contribution < -0.4 is 5.73 Å². The second-order valence-corrected chi connectivity index (χ2v) is 6.25. The van der Waals surface area contributed by atoms with E-state index < -0.39 is 5.41 Å². The van der Waals surface area contributed by atoms with Gasteiger partial charge in [0.1, 0.15) is 0 Å². The Bertz CT molecular complexity index is 293. The molecule has 0 saturated heterocycles. The summed E-state index contributed by atoms with van der Waals surface area (Å²) >= 11 is 0. The van der Waals surface area contributed by atoms with E-state index in [0.29, 0.717) is 6.54 Å². The van der Waals surface area contributed by atoms with Crippen molar-refractivity contribution < 1.29 is 4.79 Å². The maximum Gasteiger partial charge on any atom is 0.229 e. The first kappa shape index (κ1) is 15.4. The zero-order chi connectivity index (χ0) is 14.0. The molecule has 1 saturated carbocycles. The van der Waals surface area contributed by atoms with E-state index in [1.54, 1.807) is 0 Å². The van der Waals surface area contributed by atoms with Crippen molar-refractivity contribution in [2.75, 3.05) is 34.2 Å². The largest absolute Gasteiger partial charge is 0.343 e. The molecule has 0 bridgehead atoms. The first-order valence-corrected chi connectivity index (χ1v) is 6.94. The van der Waals surface area contributed by atoms with Gasteiger partial charge in [-0.25, -0.2) is 0 Å². The minimum absolute atomic E-state index is 0.181. The van der Waals surface area contributed by atoms with E-state index in [1.165, 1.54) is 19.3 Å². The molecule has 0 aliphatic heterocycles. The summed E-state index contributed by atoms with van der Waals surface area (Å²) in [5.74, 6) is 0.181. The second kappa shape index (κ2) is 5.57. The molecule has 1 amide bonds. The van der Waals surface area contributed by atoms with Crippen LogP contribution in [-0.2, 0) is 4.79 Å². The van der Waals surface area contributed by atoms with E-state index in [4.69, 9.17) is 5.73 Å². The Morgan fingerprint density at radius 3 is 2.17 bits per heavy atom. The summed E-state index contributed by atoms with van der Waals surface area (Å²) in [7, 11) is 6.13. The summed E-state index contributed by atoms with van der Waals surface area (Å²) in [6.07, 6.45) is 4.43. The Labute approximate surface area is 111 Å². The number of likely N-dealkylation sites (N-methyl/N-ethyl adjacent to an activating group) is 2. The van der Waals surface area contributed by atoms with Gasteiger partial charge in [-0.15, -0.1) is 0 Å². The van der Waals surface area contributed by atoms with E-state index in [9.17, 15) is 4.79 Å². The maximum atomic E-state index is 12.5. The van der Waals surface area contributed by atoms with Crippen LogP contribution >= 0.6 is 0 Å². The first-order chi connectivity index (χ1) is 8.31. The Balaban J connectivity index is 2.70. The topological polar surface area (TPSA) is 49.6 Å². The summed E-state index contributed by atoms with van der Waals surface area (Å²) in [5, 5.41) is 0. The summed E-state index contributed by atoms with van der Waals surface area (Å²) in [4.78, 5) is 16.6. The van der Waals surface area contributed by atoms with Gasteiger partial charge in [0, 0.05) is 25.7 Å². The lowest BCUT2D eigenvalue weighted by atomic mass is 9.75. The van der Waals surface area contributed by atoms with E-state index >= 15 is 0 Å². The fraction of sp³-hybridized carbons (Fsp3) is 0.929. The highest BCUT2D eigenvalue weighted by atomic mass is 16.2. The van der Waals surface area contributed by atoms with Crippen LogP contribution in [0.3, 0.4) is 0 Å². The Kier molecular flexibility index (Phi) is 4.78. The van der Waals surface area contributed by atoms with Crippen molar-refractivity contribution in [2.45, 2.75) is 45.1 Å². The first-order valence-electron chi connectivity index (χ1n) is 6.94. The molecule has 106 valence electrons. The van der Waals surface area contributed by atoms with Crippen molar-refractivity contribution in [3.63, 3.8) is 0 Å². The van der Waals surface area contributed by atoms with E-state index in [1.807, 2.05) is 25.8 Å². The fourth-order valence-electron chi connectivity index (χ4n) is 2.69. The standard InChI is InChI=1S/C14H29N3O/c1-6-13(2,10-15)12(18)17(5)11-14(16(3)4)8-7-9-14/h6-11,15H2,1-5H3. The van der Waals surface area contributed by atoms with Gasteiger partial charge in [-0.05, 0) is 46.7 Å². The molecule has 0 aromatic heterocycles. The smallest absolute Gasteiger partial charge is 0.229 e. The number of nitrogens with two attached hydrogens (primary N) is 1.